The van der Waals surface area contributed by atoms with Gasteiger partial charge in [0.2, 0.25) is 0 Å². The number of hydrogen-bond donors (Lipinski definition) is 0. The van der Waals surface area contributed by atoms with Crippen LogP contribution in [0.25, 0.3) is 39.0 Å². The Hall–Kier alpha value is -4.00. The van der Waals surface area contributed by atoms with Crippen LogP contribution in [0.4, 0.5) is 8.78 Å². The van der Waals surface area contributed by atoms with E-state index in [1.807, 2.05) is 0 Å². The first kappa shape index (κ1) is 23.2. The maximum absolute atomic E-state index is 13.6. The van der Waals surface area contributed by atoms with Crippen molar-refractivity contribution in [2.45, 2.75) is 0 Å². The van der Waals surface area contributed by atoms with Crippen LogP contribution in [0.15, 0.2) is 60.7 Å². The van der Waals surface area contributed by atoms with Gasteiger partial charge in [-0.05, 0) is 12.1 Å². The van der Waals surface area contributed by atoms with Crippen molar-refractivity contribution in [3.8, 4) is 24.3 Å². The van der Waals surface area contributed by atoms with Crippen molar-refractivity contribution in [1.82, 2.24) is 0 Å². The summed E-state index contributed by atoms with van der Waals surface area (Å²) in [5.74, 6) is -2.10. The van der Waals surface area contributed by atoms with Gasteiger partial charge in [-0.15, -0.1) is 0 Å². The van der Waals surface area contributed by atoms with Gasteiger partial charge in [-0.3, -0.25) is 0 Å². The number of fused-ring (bicyclic) bond motifs is 5. The zero-order chi connectivity index (χ0) is 24.2. The number of rotatable bonds is 0. The summed E-state index contributed by atoms with van der Waals surface area (Å²) in [7, 11) is 0. The molecule has 0 bridgehead atoms. The van der Waals surface area contributed by atoms with Crippen LogP contribution in [0.1, 0.15) is 0 Å². The molecule has 0 saturated heterocycles. The molecule has 0 fully saturated rings. The van der Waals surface area contributed by atoms with Gasteiger partial charge in [0.1, 0.15) is 47.1 Å². The Morgan fingerprint density at radius 1 is 0.588 bits per heavy atom. The van der Waals surface area contributed by atoms with Crippen molar-refractivity contribution in [3.63, 3.8) is 0 Å². The Morgan fingerprint density at radius 2 is 0.941 bits per heavy atom. The van der Waals surface area contributed by atoms with Gasteiger partial charge in [0.05, 0.1) is 0 Å². The van der Waals surface area contributed by atoms with Crippen molar-refractivity contribution in [3.05, 3.63) is 82.7 Å². The SMILES string of the molecule is N#CC(C#N)=c1cc(F)c(=C(C#N)C#N)cc1F.c1ccc2c(c1)[se]c1c3ccccc3[se]c21. The van der Waals surface area contributed by atoms with E-state index in [1.165, 1.54) is 35.0 Å². The second-order valence-electron chi connectivity index (χ2n) is 6.86. The quantitative estimate of drug-likeness (QED) is 0.264. The van der Waals surface area contributed by atoms with E-state index in [1.54, 1.807) is 17.0 Å². The fourth-order valence-electron chi connectivity index (χ4n) is 3.37. The fraction of sp³-hybridized carbons (Fsp3) is 0. The van der Waals surface area contributed by atoms with Crippen LogP contribution in [-0.4, -0.2) is 29.0 Å². The molecule has 0 atom stereocenters. The topological polar surface area (TPSA) is 95.2 Å². The third kappa shape index (κ3) is 4.17. The average Bonchev–Trinajstić information content (AvgIpc) is 3.40. The molecule has 2 heterocycles. The summed E-state index contributed by atoms with van der Waals surface area (Å²) in [6.07, 6.45) is 0. The number of nitriles is 4. The van der Waals surface area contributed by atoms with E-state index in [0.717, 1.165) is 0 Å². The third-order valence-electron chi connectivity index (χ3n) is 4.94. The van der Waals surface area contributed by atoms with Crippen LogP contribution in [0.5, 0.6) is 0 Å². The summed E-state index contributed by atoms with van der Waals surface area (Å²) in [4.78, 5) is 0. The van der Waals surface area contributed by atoms with E-state index in [9.17, 15) is 8.78 Å². The number of hydrogen-bond acceptors (Lipinski definition) is 4. The second-order valence-corrected chi connectivity index (χ2v) is 11.3. The number of halogens is 2. The molecule has 2 aromatic heterocycles. The van der Waals surface area contributed by atoms with E-state index < -0.39 is 33.2 Å². The summed E-state index contributed by atoms with van der Waals surface area (Å²) >= 11 is 1.08. The molecule has 0 unspecified atom stereocenters. The van der Waals surface area contributed by atoms with E-state index in [-0.39, 0.29) is 0 Å². The summed E-state index contributed by atoms with van der Waals surface area (Å²) in [6, 6.07) is 24.8. The Bertz CT molecular complexity index is 1720. The van der Waals surface area contributed by atoms with Gasteiger partial charge in [-0.1, -0.05) is 0 Å². The first-order valence-electron chi connectivity index (χ1n) is 9.65. The van der Waals surface area contributed by atoms with Gasteiger partial charge >= 0.3 is 105 Å². The van der Waals surface area contributed by atoms with Crippen molar-refractivity contribution in [2.75, 3.05) is 0 Å². The van der Waals surface area contributed by atoms with Crippen LogP contribution in [-0.2, 0) is 0 Å². The van der Waals surface area contributed by atoms with Crippen molar-refractivity contribution in [2.24, 2.45) is 0 Å². The minimum absolute atomic E-state index is 0.503. The molecule has 3 aromatic carbocycles. The summed E-state index contributed by atoms with van der Waals surface area (Å²) < 4.78 is 33.6. The van der Waals surface area contributed by atoms with Gasteiger partial charge in [-0.25, -0.2) is 8.78 Å². The molecule has 8 heteroatoms. The van der Waals surface area contributed by atoms with Crippen molar-refractivity contribution >= 4 is 68.0 Å². The molecule has 160 valence electrons. The molecule has 0 aliphatic carbocycles. The van der Waals surface area contributed by atoms with Gasteiger partial charge in [0, 0.05) is 10.4 Å². The van der Waals surface area contributed by atoms with Crippen molar-refractivity contribution < 1.29 is 8.78 Å². The maximum atomic E-state index is 13.6. The Labute approximate surface area is 204 Å². The zero-order valence-corrected chi connectivity index (χ0v) is 20.6. The first-order valence-corrected chi connectivity index (χ1v) is 13.1. The third-order valence-corrected chi connectivity index (χ3v) is 10.6. The number of benzene rings is 3. The van der Waals surface area contributed by atoms with Crippen LogP contribution in [0.2, 0.25) is 0 Å². The summed E-state index contributed by atoms with van der Waals surface area (Å²) in [6.45, 7) is 0. The molecule has 0 aliphatic rings. The normalized spacial score (nSPS) is 9.94. The van der Waals surface area contributed by atoms with Gasteiger partial charge < -0.3 is 0 Å². The second kappa shape index (κ2) is 9.87. The van der Waals surface area contributed by atoms with Crippen molar-refractivity contribution in [1.29, 1.82) is 21.0 Å². The molecular weight excluding hydrogens is 564 g/mol. The van der Waals surface area contributed by atoms with Crippen LogP contribution in [0.3, 0.4) is 0 Å². The summed E-state index contributed by atoms with van der Waals surface area (Å²) in [5.41, 5.74) is -1.18. The van der Waals surface area contributed by atoms with E-state index in [2.05, 4.69) is 48.5 Å². The molecule has 0 saturated carbocycles. The van der Waals surface area contributed by atoms with E-state index in [0.29, 0.717) is 41.1 Å². The van der Waals surface area contributed by atoms with E-state index >= 15 is 0 Å². The zero-order valence-electron chi connectivity index (χ0n) is 17.1. The fourth-order valence-corrected chi connectivity index (χ4v) is 9.71. The van der Waals surface area contributed by atoms with Gasteiger partial charge in [0.25, 0.3) is 0 Å². The minimum atomic E-state index is -1.05. The Balaban J connectivity index is 0.000000161. The monoisotopic (exact) mass is 576 g/mol. The molecule has 0 N–H and O–H groups in total. The molecule has 5 rings (SSSR count). The van der Waals surface area contributed by atoms with Crippen LogP contribution < -0.4 is 10.4 Å². The first-order chi connectivity index (χ1) is 16.5. The van der Waals surface area contributed by atoms with Crippen LogP contribution >= 0.6 is 0 Å². The molecule has 0 radical (unpaired) electrons. The van der Waals surface area contributed by atoms with Gasteiger partial charge in [0.15, 0.2) is 0 Å². The summed E-state index contributed by atoms with van der Waals surface area (Å²) in [5, 5.41) is 36.3. The van der Waals surface area contributed by atoms with Gasteiger partial charge in [-0.2, -0.15) is 21.0 Å². The van der Waals surface area contributed by atoms with Crippen LogP contribution in [0, 0.1) is 57.0 Å². The molecule has 0 aliphatic heterocycles. The molecule has 34 heavy (non-hydrogen) atoms. The molecule has 5 aromatic rings. The average molecular weight is 574 g/mol. The van der Waals surface area contributed by atoms with E-state index in [4.69, 9.17) is 21.0 Å². The number of nitrogens with zero attached hydrogens (tertiary/aromatic N) is 4. The molecule has 0 amide bonds. The standard InChI is InChI=1S/C14H8Se2.C12H2F2N4/c1-3-7-11-9(5-1)13-14(15-11)10-6-2-4-8-12(10)16-13;13-11-1-9(7(3-15)4-16)12(14)2-10(11)8(5-17)6-18/h1-8H;1-2H. The Morgan fingerprint density at radius 3 is 1.29 bits per heavy atom. The Kier molecular flexibility index (Phi) is 6.72. The molecule has 4 nitrogen and oxygen atoms in total. The molecule has 0 spiro atoms. The predicted molar refractivity (Wildman–Crippen MR) is 128 cm³/mol. The molecular formula is C26H10F2N4Se2. The predicted octanol–water partition coefficient (Wildman–Crippen LogP) is 3.62.